The number of halogens is 1. The average molecular weight is 215 g/mol. The minimum absolute atomic E-state index is 0.242. The summed E-state index contributed by atoms with van der Waals surface area (Å²) in [5, 5.41) is 16.9. The number of hydrogen-bond donors (Lipinski definition) is 1. The largest absolute Gasteiger partial charge is 0.477 e. The molecule has 2 rings (SSSR count). The van der Waals surface area contributed by atoms with Gasteiger partial charge in [0.05, 0.1) is 10.9 Å². The Morgan fingerprint density at radius 3 is 3.00 bits per heavy atom. The number of carbonyl (C=O) groups is 1. The molecule has 0 aliphatic rings. The second-order valence-electron chi connectivity index (χ2n) is 2.34. The molecule has 0 aromatic carbocycles. The Kier molecular flexibility index (Phi) is 1.90. The van der Waals surface area contributed by atoms with Gasteiger partial charge in [0.15, 0.2) is 5.15 Å². The molecule has 2 aromatic heterocycles. The molecule has 0 atom stereocenters. The number of thiophene rings is 1. The van der Waals surface area contributed by atoms with E-state index >= 15 is 0 Å². The maximum absolute atomic E-state index is 10.6. The van der Waals surface area contributed by atoms with Crippen LogP contribution >= 0.6 is 22.9 Å². The predicted octanol–water partition coefficient (Wildman–Crippen LogP) is 2.04. The number of carboxylic acids is 1. The van der Waals surface area contributed by atoms with Crippen molar-refractivity contribution in [2.75, 3.05) is 0 Å². The van der Waals surface area contributed by atoms with Crippen LogP contribution in [0.2, 0.25) is 5.15 Å². The summed E-state index contributed by atoms with van der Waals surface area (Å²) >= 11 is 6.82. The zero-order valence-corrected chi connectivity index (χ0v) is 7.76. The van der Waals surface area contributed by atoms with Crippen LogP contribution in [-0.4, -0.2) is 21.3 Å². The molecule has 1 N–H and O–H groups in total. The highest BCUT2D eigenvalue weighted by Gasteiger charge is 2.10. The van der Waals surface area contributed by atoms with Crippen molar-refractivity contribution >= 4 is 39.0 Å². The third-order valence-corrected chi connectivity index (χ3v) is 3.02. The van der Waals surface area contributed by atoms with E-state index in [-0.39, 0.29) is 10.0 Å². The molecular weight excluding hydrogens is 212 g/mol. The monoisotopic (exact) mass is 214 g/mol. The van der Waals surface area contributed by atoms with E-state index in [1.165, 1.54) is 12.3 Å². The Morgan fingerprint density at radius 1 is 1.62 bits per heavy atom. The molecule has 2 heterocycles. The summed E-state index contributed by atoms with van der Waals surface area (Å²) in [5.41, 5.74) is 0. The lowest BCUT2D eigenvalue weighted by atomic mass is 10.3. The number of nitrogens with zero attached hydrogens (tertiary/aromatic N) is 2. The third-order valence-electron chi connectivity index (χ3n) is 1.50. The van der Waals surface area contributed by atoms with Gasteiger partial charge in [-0.3, -0.25) is 0 Å². The normalized spacial score (nSPS) is 10.5. The number of carboxylic acid groups (broad SMARTS) is 1. The van der Waals surface area contributed by atoms with E-state index in [0.29, 0.717) is 10.1 Å². The molecule has 6 heteroatoms. The van der Waals surface area contributed by atoms with E-state index in [1.807, 2.05) is 0 Å². The van der Waals surface area contributed by atoms with Gasteiger partial charge in [-0.2, -0.15) is 5.10 Å². The van der Waals surface area contributed by atoms with Crippen molar-refractivity contribution in [1.29, 1.82) is 0 Å². The molecule has 0 saturated carbocycles. The Balaban J connectivity index is 2.75. The fraction of sp³-hybridized carbons (Fsp3) is 0. The van der Waals surface area contributed by atoms with Gasteiger partial charge in [0.1, 0.15) is 4.88 Å². The lowest BCUT2D eigenvalue weighted by molar-refractivity contribution is 0.0702. The van der Waals surface area contributed by atoms with Gasteiger partial charge in [-0.05, 0) is 6.07 Å². The molecule has 0 aliphatic heterocycles. The van der Waals surface area contributed by atoms with Crippen LogP contribution in [0.1, 0.15) is 9.67 Å². The van der Waals surface area contributed by atoms with Crippen LogP contribution in [0, 0.1) is 0 Å². The number of aromatic carboxylic acids is 1. The van der Waals surface area contributed by atoms with Crippen molar-refractivity contribution < 1.29 is 9.90 Å². The van der Waals surface area contributed by atoms with E-state index < -0.39 is 5.97 Å². The molecule has 66 valence electrons. The smallest absolute Gasteiger partial charge is 0.345 e. The van der Waals surface area contributed by atoms with Crippen LogP contribution < -0.4 is 0 Å². The molecule has 2 aromatic rings. The van der Waals surface area contributed by atoms with E-state index in [4.69, 9.17) is 16.7 Å². The molecule has 0 fully saturated rings. The van der Waals surface area contributed by atoms with Crippen LogP contribution in [0.3, 0.4) is 0 Å². The molecule has 0 bridgehead atoms. The zero-order valence-electron chi connectivity index (χ0n) is 6.19. The molecule has 13 heavy (non-hydrogen) atoms. The van der Waals surface area contributed by atoms with Crippen LogP contribution in [-0.2, 0) is 0 Å². The van der Waals surface area contributed by atoms with E-state index in [1.54, 1.807) is 0 Å². The topological polar surface area (TPSA) is 63.1 Å². The summed E-state index contributed by atoms with van der Waals surface area (Å²) in [6.45, 7) is 0. The number of fused-ring (bicyclic) bond motifs is 1. The van der Waals surface area contributed by atoms with Gasteiger partial charge in [-0.15, -0.1) is 16.4 Å². The summed E-state index contributed by atoms with van der Waals surface area (Å²) in [4.78, 5) is 10.9. The molecule has 0 spiro atoms. The Bertz CT molecular complexity index is 482. The van der Waals surface area contributed by atoms with E-state index in [2.05, 4.69) is 10.2 Å². The zero-order chi connectivity index (χ0) is 9.42. The van der Waals surface area contributed by atoms with Crippen molar-refractivity contribution in [3.8, 4) is 0 Å². The Morgan fingerprint density at radius 2 is 2.38 bits per heavy atom. The van der Waals surface area contributed by atoms with Crippen LogP contribution in [0.5, 0.6) is 0 Å². The van der Waals surface area contributed by atoms with Crippen molar-refractivity contribution in [2.45, 2.75) is 0 Å². The van der Waals surface area contributed by atoms with Gasteiger partial charge in [-0.1, -0.05) is 11.6 Å². The van der Waals surface area contributed by atoms with E-state index in [9.17, 15) is 4.79 Å². The quantitative estimate of drug-likeness (QED) is 0.789. The SMILES string of the molecule is O=C(O)c1cc2cnnc(Cl)c2s1. The molecule has 0 aliphatic carbocycles. The Hall–Kier alpha value is -1.20. The first kappa shape index (κ1) is 8.40. The number of rotatable bonds is 1. The molecular formula is C7H3ClN2O2S. The molecule has 0 amide bonds. The summed E-state index contributed by atoms with van der Waals surface area (Å²) in [7, 11) is 0. The van der Waals surface area contributed by atoms with Gasteiger partial charge in [0, 0.05) is 5.39 Å². The van der Waals surface area contributed by atoms with Gasteiger partial charge in [-0.25, -0.2) is 4.79 Å². The van der Waals surface area contributed by atoms with Gasteiger partial charge < -0.3 is 5.11 Å². The lowest BCUT2D eigenvalue weighted by Crippen LogP contribution is -1.89. The Labute approximate surface area is 81.8 Å². The molecule has 0 unspecified atom stereocenters. The highest BCUT2D eigenvalue weighted by atomic mass is 35.5. The van der Waals surface area contributed by atoms with Gasteiger partial charge >= 0.3 is 5.97 Å². The van der Waals surface area contributed by atoms with Crippen molar-refractivity contribution in [1.82, 2.24) is 10.2 Å². The van der Waals surface area contributed by atoms with Crippen LogP contribution in [0.15, 0.2) is 12.3 Å². The number of aromatic nitrogens is 2. The van der Waals surface area contributed by atoms with Crippen LogP contribution in [0.4, 0.5) is 0 Å². The fourth-order valence-corrected chi connectivity index (χ4v) is 2.07. The summed E-state index contributed by atoms with van der Waals surface area (Å²) in [6.07, 6.45) is 1.49. The predicted molar refractivity (Wildman–Crippen MR) is 49.4 cm³/mol. The lowest BCUT2D eigenvalue weighted by Gasteiger charge is -1.87. The minimum atomic E-state index is -0.961. The van der Waals surface area contributed by atoms with Crippen molar-refractivity contribution in [3.63, 3.8) is 0 Å². The molecule has 4 nitrogen and oxygen atoms in total. The fourth-order valence-electron chi connectivity index (χ4n) is 0.955. The second kappa shape index (κ2) is 2.93. The standard InChI is InChI=1S/C7H3ClN2O2S/c8-6-5-3(2-9-10-6)1-4(13-5)7(11)12/h1-2H,(H,11,12). The average Bonchev–Trinajstić information content (AvgIpc) is 2.49. The van der Waals surface area contributed by atoms with Crippen molar-refractivity contribution in [3.05, 3.63) is 22.3 Å². The van der Waals surface area contributed by atoms with E-state index in [0.717, 1.165) is 11.3 Å². The minimum Gasteiger partial charge on any atom is -0.477 e. The maximum Gasteiger partial charge on any atom is 0.345 e. The van der Waals surface area contributed by atoms with Crippen LogP contribution in [0.25, 0.3) is 10.1 Å². The molecule has 0 saturated heterocycles. The summed E-state index contributed by atoms with van der Waals surface area (Å²) in [5.74, 6) is -0.961. The second-order valence-corrected chi connectivity index (χ2v) is 3.75. The first-order valence-corrected chi connectivity index (χ1v) is 4.52. The summed E-state index contributed by atoms with van der Waals surface area (Å²) < 4.78 is 0.661. The van der Waals surface area contributed by atoms with Gasteiger partial charge in [0.25, 0.3) is 0 Å². The highest BCUT2D eigenvalue weighted by Crippen LogP contribution is 2.29. The molecule has 0 radical (unpaired) electrons. The van der Waals surface area contributed by atoms with Gasteiger partial charge in [0.2, 0.25) is 0 Å². The van der Waals surface area contributed by atoms with Crippen molar-refractivity contribution in [2.24, 2.45) is 0 Å². The first-order valence-electron chi connectivity index (χ1n) is 3.32. The highest BCUT2D eigenvalue weighted by molar-refractivity contribution is 7.21. The third kappa shape index (κ3) is 1.36. The number of hydrogen-bond acceptors (Lipinski definition) is 4. The maximum atomic E-state index is 10.6. The first-order chi connectivity index (χ1) is 6.18. The summed E-state index contributed by atoms with van der Waals surface area (Å²) in [6, 6.07) is 1.53.